The minimum absolute atomic E-state index is 0.371. The second kappa shape index (κ2) is 8.31. The molecule has 0 atom stereocenters. The van der Waals surface area contributed by atoms with E-state index in [1.165, 1.54) is 13.4 Å². The highest BCUT2D eigenvalue weighted by molar-refractivity contribution is 6.31. The number of hydrogen-bond donors (Lipinski definition) is 2. The SMILES string of the molecule is COC(=O)c1ccc(Nc2cc(NCc3ccccc3Cl)ncn2)cc1. The summed E-state index contributed by atoms with van der Waals surface area (Å²) in [5.74, 6) is 0.936. The molecule has 0 saturated heterocycles. The number of esters is 1. The molecule has 3 rings (SSSR count). The molecule has 2 aromatic carbocycles. The van der Waals surface area contributed by atoms with E-state index in [1.807, 2.05) is 24.3 Å². The Bertz CT molecular complexity index is 900. The lowest BCUT2D eigenvalue weighted by Crippen LogP contribution is -2.04. The topological polar surface area (TPSA) is 76.1 Å². The van der Waals surface area contributed by atoms with Crippen molar-refractivity contribution in [2.75, 3.05) is 17.7 Å². The van der Waals surface area contributed by atoms with Gasteiger partial charge in [-0.1, -0.05) is 29.8 Å². The van der Waals surface area contributed by atoms with Gasteiger partial charge in [0.2, 0.25) is 0 Å². The van der Waals surface area contributed by atoms with Crippen LogP contribution >= 0.6 is 11.6 Å². The van der Waals surface area contributed by atoms with Crippen molar-refractivity contribution >= 4 is 34.9 Å². The Hall–Kier alpha value is -3.12. The number of nitrogens with one attached hydrogen (secondary N) is 2. The fourth-order valence-corrected chi connectivity index (χ4v) is 2.51. The summed E-state index contributed by atoms with van der Waals surface area (Å²) in [6, 6.07) is 16.4. The van der Waals surface area contributed by atoms with Gasteiger partial charge < -0.3 is 15.4 Å². The third kappa shape index (κ3) is 4.49. The van der Waals surface area contributed by atoms with Crippen LogP contribution in [0.15, 0.2) is 60.9 Å². The number of carbonyl (C=O) groups excluding carboxylic acids is 1. The van der Waals surface area contributed by atoms with Crippen molar-refractivity contribution in [1.29, 1.82) is 0 Å². The fraction of sp³-hybridized carbons (Fsp3) is 0.105. The summed E-state index contributed by atoms with van der Waals surface area (Å²) >= 11 is 6.16. The van der Waals surface area contributed by atoms with Gasteiger partial charge in [-0.25, -0.2) is 14.8 Å². The molecule has 26 heavy (non-hydrogen) atoms. The molecule has 1 heterocycles. The molecule has 0 saturated carbocycles. The monoisotopic (exact) mass is 368 g/mol. The molecular weight excluding hydrogens is 352 g/mol. The fourth-order valence-electron chi connectivity index (χ4n) is 2.31. The van der Waals surface area contributed by atoms with Crippen molar-refractivity contribution in [2.45, 2.75) is 6.54 Å². The van der Waals surface area contributed by atoms with Gasteiger partial charge in [0.15, 0.2) is 0 Å². The molecule has 132 valence electrons. The smallest absolute Gasteiger partial charge is 0.337 e. The van der Waals surface area contributed by atoms with Crippen LogP contribution in [0.3, 0.4) is 0 Å². The molecule has 0 fully saturated rings. The number of ether oxygens (including phenoxy) is 1. The second-order valence-electron chi connectivity index (χ2n) is 5.43. The van der Waals surface area contributed by atoms with E-state index >= 15 is 0 Å². The Morgan fingerprint density at radius 3 is 2.54 bits per heavy atom. The zero-order valence-electron chi connectivity index (χ0n) is 14.1. The summed E-state index contributed by atoms with van der Waals surface area (Å²) < 4.78 is 4.68. The Kier molecular flexibility index (Phi) is 5.66. The number of carbonyl (C=O) groups is 1. The number of aromatic nitrogens is 2. The van der Waals surface area contributed by atoms with Crippen LogP contribution in [-0.2, 0) is 11.3 Å². The number of nitrogens with zero attached hydrogens (tertiary/aromatic N) is 2. The van der Waals surface area contributed by atoms with Gasteiger partial charge >= 0.3 is 5.97 Å². The van der Waals surface area contributed by atoms with Crippen LogP contribution in [-0.4, -0.2) is 23.0 Å². The van der Waals surface area contributed by atoms with Crippen LogP contribution in [0.5, 0.6) is 0 Å². The van der Waals surface area contributed by atoms with E-state index in [9.17, 15) is 4.79 Å². The summed E-state index contributed by atoms with van der Waals surface area (Å²) in [6.45, 7) is 0.559. The van der Waals surface area contributed by atoms with Crippen LogP contribution in [0.2, 0.25) is 5.02 Å². The average Bonchev–Trinajstić information content (AvgIpc) is 2.68. The predicted molar refractivity (Wildman–Crippen MR) is 102 cm³/mol. The largest absolute Gasteiger partial charge is 0.465 e. The highest BCUT2D eigenvalue weighted by atomic mass is 35.5. The van der Waals surface area contributed by atoms with Gasteiger partial charge in [0.25, 0.3) is 0 Å². The first-order valence-electron chi connectivity index (χ1n) is 7.90. The van der Waals surface area contributed by atoms with Gasteiger partial charge in [0.05, 0.1) is 12.7 Å². The van der Waals surface area contributed by atoms with Gasteiger partial charge in [-0.2, -0.15) is 0 Å². The Labute approximate surface area is 156 Å². The molecule has 3 aromatic rings. The first-order chi connectivity index (χ1) is 12.7. The van der Waals surface area contributed by atoms with E-state index in [2.05, 4.69) is 25.3 Å². The van der Waals surface area contributed by atoms with Crippen molar-refractivity contribution in [3.63, 3.8) is 0 Å². The van der Waals surface area contributed by atoms with Crippen LogP contribution < -0.4 is 10.6 Å². The highest BCUT2D eigenvalue weighted by Crippen LogP contribution is 2.19. The quantitative estimate of drug-likeness (QED) is 0.633. The van der Waals surface area contributed by atoms with Gasteiger partial charge in [-0.3, -0.25) is 0 Å². The minimum atomic E-state index is -0.371. The first kappa shape index (κ1) is 17.7. The lowest BCUT2D eigenvalue weighted by atomic mass is 10.2. The maximum Gasteiger partial charge on any atom is 0.337 e. The first-order valence-corrected chi connectivity index (χ1v) is 8.28. The Morgan fingerprint density at radius 1 is 1.08 bits per heavy atom. The molecule has 1 aromatic heterocycles. The van der Waals surface area contributed by atoms with Crippen molar-refractivity contribution in [2.24, 2.45) is 0 Å². The summed E-state index contributed by atoms with van der Waals surface area (Å²) in [5, 5.41) is 7.10. The number of methoxy groups -OCH3 is 1. The van der Waals surface area contributed by atoms with Crippen molar-refractivity contribution < 1.29 is 9.53 Å². The van der Waals surface area contributed by atoms with Crippen LogP contribution in [0.25, 0.3) is 0 Å². The normalized spacial score (nSPS) is 10.2. The molecule has 0 unspecified atom stereocenters. The summed E-state index contributed by atoms with van der Waals surface area (Å²) in [5.41, 5.74) is 2.27. The maximum atomic E-state index is 11.5. The Balaban J connectivity index is 1.65. The van der Waals surface area contributed by atoms with E-state index in [0.717, 1.165) is 11.3 Å². The minimum Gasteiger partial charge on any atom is -0.465 e. The number of hydrogen-bond acceptors (Lipinski definition) is 6. The number of rotatable bonds is 6. The van der Waals surface area contributed by atoms with E-state index in [1.54, 1.807) is 30.3 Å². The molecule has 6 nitrogen and oxygen atoms in total. The molecule has 0 spiro atoms. The predicted octanol–water partition coefficient (Wildman–Crippen LogP) is 4.27. The Morgan fingerprint density at radius 2 is 1.81 bits per heavy atom. The van der Waals surface area contributed by atoms with Gasteiger partial charge in [-0.05, 0) is 35.9 Å². The van der Waals surface area contributed by atoms with E-state index < -0.39 is 0 Å². The maximum absolute atomic E-state index is 11.5. The summed E-state index contributed by atoms with van der Waals surface area (Å²) in [7, 11) is 1.35. The molecule has 0 aliphatic carbocycles. The molecule has 7 heteroatoms. The number of halogens is 1. The van der Waals surface area contributed by atoms with Gasteiger partial charge in [0, 0.05) is 23.3 Å². The summed E-state index contributed by atoms with van der Waals surface area (Å²) in [6.07, 6.45) is 1.47. The molecule has 0 radical (unpaired) electrons. The average molecular weight is 369 g/mol. The molecule has 0 aliphatic heterocycles. The van der Waals surface area contributed by atoms with Gasteiger partial charge in [0.1, 0.15) is 18.0 Å². The molecule has 2 N–H and O–H groups in total. The van der Waals surface area contributed by atoms with Crippen molar-refractivity contribution in [3.05, 3.63) is 77.1 Å². The molecule has 0 amide bonds. The van der Waals surface area contributed by atoms with E-state index in [-0.39, 0.29) is 5.97 Å². The number of anilines is 3. The lowest BCUT2D eigenvalue weighted by Gasteiger charge is -2.10. The third-order valence-corrected chi connectivity index (χ3v) is 4.03. The second-order valence-corrected chi connectivity index (χ2v) is 5.83. The zero-order valence-corrected chi connectivity index (χ0v) is 14.8. The summed E-state index contributed by atoms with van der Waals surface area (Å²) in [4.78, 5) is 19.9. The van der Waals surface area contributed by atoms with E-state index in [0.29, 0.717) is 28.8 Å². The molecule has 0 bridgehead atoms. The van der Waals surface area contributed by atoms with E-state index in [4.69, 9.17) is 11.6 Å². The third-order valence-electron chi connectivity index (χ3n) is 3.66. The van der Waals surface area contributed by atoms with Crippen LogP contribution in [0.4, 0.5) is 17.3 Å². The van der Waals surface area contributed by atoms with Gasteiger partial charge in [-0.15, -0.1) is 0 Å². The van der Waals surface area contributed by atoms with Crippen molar-refractivity contribution in [1.82, 2.24) is 9.97 Å². The van der Waals surface area contributed by atoms with Crippen molar-refractivity contribution in [3.8, 4) is 0 Å². The highest BCUT2D eigenvalue weighted by Gasteiger charge is 2.05. The zero-order chi connectivity index (χ0) is 18.4. The lowest BCUT2D eigenvalue weighted by molar-refractivity contribution is 0.0601. The van der Waals surface area contributed by atoms with Crippen LogP contribution in [0.1, 0.15) is 15.9 Å². The molecule has 0 aliphatic rings. The molecular formula is C19H17ClN4O2. The standard InChI is InChI=1S/C19H17ClN4O2/c1-26-19(25)13-6-8-15(9-7-13)24-18-10-17(22-12-23-18)21-11-14-4-2-3-5-16(14)20/h2-10,12H,11H2,1H3,(H2,21,22,23,24). The number of benzene rings is 2. The van der Waals surface area contributed by atoms with Crippen LogP contribution in [0, 0.1) is 0 Å².